The predicted octanol–water partition coefficient (Wildman–Crippen LogP) is 18.2. The van der Waals surface area contributed by atoms with E-state index < -0.39 is 23.4 Å². The average Bonchev–Trinajstić information content (AvgIpc) is 1.79. The van der Waals surface area contributed by atoms with Crippen molar-refractivity contribution in [3.05, 3.63) is 325 Å². The number of hydrogen-bond acceptors (Lipinski definition) is 17. The van der Waals surface area contributed by atoms with Crippen LogP contribution in [-0.4, -0.2) is 121 Å². The summed E-state index contributed by atoms with van der Waals surface area (Å²) in [5.41, 5.74) is 7.47. The quantitative estimate of drug-likeness (QED) is 0.0138. The second-order valence-corrected chi connectivity index (χ2v) is 34.8. The van der Waals surface area contributed by atoms with E-state index in [1.54, 1.807) is 101 Å². The van der Waals surface area contributed by atoms with Gasteiger partial charge < -0.3 is 64.5 Å². The summed E-state index contributed by atoms with van der Waals surface area (Å²) in [6, 6.07) is 47.5. The number of aryl methyl sites for hydroxylation is 6. The highest BCUT2D eigenvalue weighted by Crippen LogP contribution is 2.35. The number of morpholine rings is 1. The van der Waals surface area contributed by atoms with Crippen LogP contribution < -0.4 is 59.1 Å². The molecule has 6 aromatic carbocycles. The highest BCUT2D eigenvalue weighted by Gasteiger charge is 2.30. The van der Waals surface area contributed by atoms with E-state index in [1.807, 2.05) is 133 Å². The Morgan fingerprint density at radius 1 is 0.602 bits per heavy atom. The molecule has 13 rings (SSSR count). The van der Waals surface area contributed by atoms with Gasteiger partial charge in [-0.3, -0.25) is 57.3 Å². The highest BCUT2D eigenvalue weighted by atomic mass is 127. The molecule has 1 saturated heterocycles. The molecule has 27 nitrogen and oxygen atoms in total. The topological polar surface area (TPSA) is 356 Å². The van der Waals surface area contributed by atoms with Gasteiger partial charge in [-0.05, 0) is 191 Å². The first kappa shape index (κ1) is 104. The van der Waals surface area contributed by atoms with Crippen molar-refractivity contribution in [3.8, 4) is 40.5 Å². The molecule has 1 aliphatic carbocycles. The van der Waals surface area contributed by atoms with Crippen LogP contribution in [0.3, 0.4) is 0 Å². The lowest BCUT2D eigenvalue weighted by Crippen LogP contribution is -2.41. The number of ketones is 1. The minimum Gasteiger partial charge on any atom is -0.455 e. The number of hydrogen-bond donors (Lipinski definition) is 6. The van der Waals surface area contributed by atoms with Gasteiger partial charge in [0.15, 0.2) is 11.5 Å². The molecule has 696 valence electrons. The van der Waals surface area contributed by atoms with Crippen molar-refractivity contribution in [1.29, 1.82) is 10.5 Å². The number of amides is 5. The molecule has 2 aliphatic rings. The number of nitrogens with zero attached hydrogens (tertiary/aromatic N) is 8. The number of ether oxygens (including phenoxy) is 2. The van der Waals surface area contributed by atoms with Crippen LogP contribution in [0.1, 0.15) is 193 Å². The minimum atomic E-state index is -0.523. The number of rotatable bonds is 30. The van der Waals surface area contributed by atoms with Crippen LogP contribution >= 0.6 is 54.5 Å². The second kappa shape index (κ2) is 50.6. The molecular weight excluding hydrogens is 1940 g/mol. The smallest absolute Gasteiger partial charge is 0.265 e. The Morgan fingerprint density at radius 3 is 1.68 bits per heavy atom. The Hall–Kier alpha value is -13.0. The molecule has 5 aromatic heterocycles. The van der Waals surface area contributed by atoms with Crippen LogP contribution in [0.2, 0.25) is 0 Å². The van der Waals surface area contributed by atoms with Crippen LogP contribution in [0.4, 0.5) is 31.5 Å². The Kier molecular flexibility index (Phi) is 39.4. The zero-order chi connectivity index (χ0) is 96.7. The predicted molar refractivity (Wildman–Crippen MR) is 528 cm³/mol. The third-order valence-corrected chi connectivity index (χ3v) is 23.6. The van der Waals surface area contributed by atoms with Crippen molar-refractivity contribution in [2.75, 3.05) is 63.1 Å². The summed E-state index contributed by atoms with van der Waals surface area (Å²) in [4.78, 5) is 146. The maximum atomic E-state index is 14.2. The standard InChI is InChI=1S/C26H37N3O3.C21H16N2O2.C19H21IN2O4.C18H19BrFN3O2.C17H16BrFN4O2/c1-4-7-15-28(16-8-5-2)25(31)22-18-23(26(32)29(20-22)17-9-6-3)24(30)27-19-21-13-11-10-12-14-21;1-2-20(24)16-12-19(18-11-7-6-8-15(18)13-22)21(25)23(14-16)17-9-4-3-5-10-17;1-11-8-12(2)10-14(9-11)26-17-15(13(3)21-18(23)16(17)20)19(24)22-4-6-25-7-5-22;1-10-16(22-15-6-5-12(19)7-14(15)20)13(9-23(2)18(10)25)17(24)21-8-11-3-4-11;1-10-15(22-14-5-4-11(18)8-13(14)19)12(9-23(2)17(10)25)16(24)21-7-3-6-20/h10-14,18,20H,4-9,15-17,19H2,1-3H3,(H,27,30);3-12,14H,2H2,1H3;8-10H,4-7H2,1-3H3,(H,21,23);5-7,9,11,22H,3-4,8H2,1-2H3,(H,21,24);4-5,8-9,22H,3,7H2,1-2H3,(H,21,24). The number of H-pyrrole nitrogens is 1. The van der Waals surface area contributed by atoms with E-state index in [0.717, 1.165) is 68.1 Å². The zero-order valence-electron chi connectivity index (χ0n) is 76.2. The summed E-state index contributed by atoms with van der Waals surface area (Å²) in [7, 11) is 3.13. The number of carbonyl (C=O) groups excluding carboxylic acids is 6. The van der Waals surface area contributed by atoms with Gasteiger partial charge in [0.05, 0.1) is 76.8 Å². The summed E-state index contributed by atoms with van der Waals surface area (Å²) in [5, 5.41) is 32.0. The molecule has 6 heterocycles. The molecule has 0 atom stereocenters. The number of halogens is 5. The summed E-state index contributed by atoms with van der Waals surface area (Å²) in [6.45, 7) is 21.9. The van der Waals surface area contributed by atoms with Gasteiger partial charge in [0, 0.05) is 146 Å². The summed E-state index contributed by atoms with van der Waals surface area (Å²) in [6.07, 6.45) is 14.4. The maximum absolute atomic E-state index is 14.2. The number of Topliss-reactive ketones (excluding diaryl/α,β-unsaturated/α-hetero) is 1. The summed E-state index contributed by atoms with van der Waals surface area (Å²) in [5.74, 6) is -1.03. The third kappa shape index (κ3) is 28.7. The lowest BCUT2D eigenvalue weighted by atomic mass is 9.99. The number of nitriles is 2. The number of unbranched alkanes of at least 4 members (excludes halogenated alkanes) is 3. The van der Waals surface area contributed by atoms with Crippen LogP contribution in [-0.2, 0) is 31.9 Å². The molecule has 0 spiro atoms. The summed E-state index contributed by atoms with van der Waals surface area (Å²) < 4.78 is 46.9. The molecule has 0 bridgehead atoms. The number of benzene rings is 6. The van der Waals surface area contributed by atoms with E-state index in [-0.39, 0.29) is 98.0 Å². The van der Waals surface area contributed by atoms with Gasteiger partial charge in [-0.2, -0.15) is 10.5 Å². The number of nitrogens with one attached hydrogen (secondary N) is 6. The first-order valence-electron chi connectivity index (χ1n) is 43.8. The van der Waals surface area contributed by atoms with Gasteiger partial charge in [0.1, 0.15) is 32.1 Å². The Bertz CT molecular complexity index is 6430. The number of anilines is 4. The summed E-state index contributed by atoms with van der Waals surface area (Å²) >= 11 is 8.32. The Balaban J connectivity index is 0.000000187. The van der Waals surface area contributed by atoms with Gasteiger partial charge in [-0.15, -0.1) is 0 Å². The molecule has 1 aliphatic heterocycles. The number of aromatic nitrogens is 5. The van der Waals surface area contributed by atoms with Crippen LogP contribution in [0.15, 0.2) is 209 Å². The van der Waals surface area contributed by atoms with Crippen molar-refractivity contribution in [3.63, 3.8) is 0 Å². The van der Waals surface area contributed by atoms with Gasteiger partial charge >= 0.3 is 0 Å². The van der Waals surface area contributed by atoms with Crippen LogP contribution in [0.25, 0.3) is 16.8 Å². The minimum absolute atomic E-state index is 0.0221. The molecule has 5 amide bonds. The lowest BCUT2D eigenvalue weighted by molar-refractivity contribution is 0.0300. The van der Waals surface area contributed by atoms with Crippen LogP contribution in [0, 0.1) is 78.4 Å². The molecule has 2 fully saturated rings. The van der Waals surface area contributed by atoms with Crippen molar-refractivity contribution < 1.29 is 47.0 Å². The van der Waals surface area contributed by atoms with Crippen molar-refractivity contribution >= 4 is 113 Å². The zero-order valence-corrected chi connectivity index (χ0v) is 81.6. The molecule has 6 N–H and O–H groups in total. The van der Waals surface area contributed by atoms with E-state index >= 15 is 0 Å². The normalized spacial score (nSPS) is 11.8. The van der Waals surface area contributed by atoms with Gasteiger partial charge in [0.25, 0.3) is 57.3 Å². The number of carbonyl (C=O) groups is 6. The molecule has 11 aromatic rings. The largest absolute Gasteiger partial charge is 0.455 e. The van der Waals surface area contributed by atoms with Gasteiger partial charge in [0.2, 0.25) is 0 Å². The molecule has 0 unspecified atom stereocenters. The highest BCUT2D eigenvalue weighted by molar-refractivity contribution is 14.1. The average molecular weight is 2050 g/mol. The van der Waals surface area contributed by atoms with E-state index in [0.29, 0.717) is 157 Å². The molecular formula is C101H109Br2F2IN14O13. The van der Waals surface area contributed by atoms with E-state index in [1.165, 1.54) is 62.0 Å². The fourth-order valence-electron chi connectivity index (χ4n) is 14.1. The van der Waals surface area contributed by atoms with Gasteiger partial charge in [-0.1, -0.05) is 152 Å². The fourth-order valence-corrected chi connectivity index (χ4v) is 15.3. The van der Waals surface area contributed by atoms with Crippen molar-refractivity contribution in [1.82, 2.24) is 49.0 Å². The number of aromatic amines is 1. The molecule has 32 heteroatoms. The molecule has 0 radical (unpaired) electrons. The fraction of sp³-hybridized carbons (Fsp3) is 0.317. The first-order valence-corrected chi connectivity index (χ1v) is 46.5. The van der Waals surface area contributed by atoms with Crippen molar-refractivity contribution in [2.24, 2.45) is 20.0 Å². The van der Waals surface area contributed by atoms with Crippen LogP contribution in [0.5, 0.6) is 11.5 Å². The number of para-hydroxylation sites is 1. The van der Waals surface area contributed by atoms with Gasteiger partial charge in [-0.25, -0.2) is 8.78 Å². The second-order valence-electron chi connectivity index (χ2n) is 31.9. The lowest BCUT2D eigenvalue weighted by Gasteiger charge is -2.28. The first-order chi connectivity index (χ1) is 63.7. The Labute approximate surface area is 801 Å². The SMILES string of the molecule is CCC(=O)c1cc(-c2ccccc2C#N)c(=O)n(-c2ccccc2)c1.CCCCN(CCCC)C(=O)c1cc(C(=O)NCc2ccccc2)c(=O)n(CCCC)c1.Cc1c(Nc2ccc(Br)cc2F)c(C(=O)NCC2CC2)cn(C)c1=O.Cc1c(Nc2ccc(Br)cc2F)c(C(=O)NCCC#N)cn(C)c1=O.Cc1cc(C)cc(Oc2c(C(=O)N3CCOCC3)c(C)[nH]c(=O)c2I)c1. The molecule has 133 heavy (non-hydrogen) atoms. The third-order valence-electron chi connectivity index (χ3n) is 21.6. The van der Waals surface area contributed by atoms with E-state index in [4.69, 9.17) is 14.7 Å². The van der Waals surface area contributed by atoms with E-state index in [9.17, 15) is 66.8 Å². The maximum Gasteiger partial charge on any atom is 0.265 e. The Morgan fingerprint density at radius 2 is 1.14 bits per heavy atom. The van der Waals surface area contributed by atoms with Crippen molar-refractivity contribution in [2.45, 2.75) is 140 Å². The monoisotopic (exact) mass is 2050 g/mol. The van der Waals surface area contributed by atoms with E-state index in [2.05, 4.69) is 83.3 Å². The molecule has 1 saturated carbocycles. The number of pyridine rings is 5.